The van der Waals surface area contributed by atoms with Crippen LogP contribution in [0.15, 0.2) is 176 Å². The molecule has 0 bridgehead atoms. The van der Waals surface area contributed by atoms with Crippen LogP contribution in [-0.4, -0.2) is 14.8 Å². The largest absolute Gasteiger partial charge is 0.311 e. The average molecular weight is 817 g/mol. The van der Waals surface area contributed by atoms with Gasteiger partial charge < -0.3 is 9.80 Å². The molecule has 0 aromatic heterocycles. The van der Waals surface area contributed by atoms with E-state index in [1.165, 1.54) is 105 Å². The molecule has 0 fully saturated rings. The van der Waals surface area contributed by atoms with Crippen molar-refractivity contribution in [2.24, 2.45) is 0 Å². The van der Waals surface area contributed by atoms with E-state index in [2.05, 4.69) is 234 Å². The predicted octanol–water partition coefficient (Wildman–Crippen LogP) is 10.8. The fourth-order valence-electron chi connectivity index (χ4n) is 11.0. The van der Waals surface area contributed by atoms with Gasteiger partial charge in [-0.05, 0) is 144 Å². The Labute approximate surface area is 369 Å². The highest BCUT2D eigenvalue weighted by atomic mass is 28.3. The lowest BCUT2D eigenvalue weighted by atomic mass is 9.33. The lowest BCUT2D eigenvalue weighted by Crippen LogP contribution is -2.72. The summed E-state index contributed by atoms with van der Waals surface area (Å²) in [4.78, 5) is 5.18. The summed E-state index contributed by atoms with van der Waals surface area (Å²) >= 11 is 0. The summed E-state index contributed by atoms with van der Waals surface area (Å²) in [5.41, 5.74) is 19.7. The highest BCUT2D eigenvalue weighted by Crippen LogP contribution is 2.46. The molecule has 0 unspecified atom stereocenters. The van der Waals surface area contributed by atoms with Crippen LogP contribution >= 0.6 is 0 Å². The minimum absolute atomic E-state index is 0.0752. The molecule has 4 heteroatoms. The Kier molecular flexibility index (Phi) is 9.10. The van der Waals surface area contributed by atoms with Crippen LogP contribution < -0.4 is 46.9 Å². The summed E-state index contributed by atoms with van der Waals surface area (Å²) < 4.78 is 0. The molecule has 3 aliphatic rings. The Morgan fingerprint density at radius 1 is 0.403 bits per heavy atom. The van der Waals surface area contributed by atoms with E-state index in [1.807, 2.05) is 0 Å². The van der Waals surface area contributed by atoms with Gasteiger partial charge in [-0.3, -0.25) is 0 Å². The van der Waals surface area contributed by atoms with E-state index in [0.29, 0.717) is 17.8 Å². The number of anilines is 6. The molecule has 0 radical (unpaired) electrons. The lowest BCUT2D eigenvalue weighted by Gasteiger charge is -2.45. The summed E-state index contributed by atoms with van der Waals surface area (Å²) in [6, 6.07) is 68.3. The second kappa shape index (κ2) is 14.6. The van der Waals surface area contributed by atoms with E-state index in [0.717, 1.165) is 0 Å². The van der Waals surface area contributed by atoms with Gasteiger partial charge >= 0.3 is 0 Å². The number of hydrogen-bond acceptors (Lipinski definition) is 2. The molecule has 0 N–H and O–H groups in total. The lowest BCUT2D eigenvalue weighted by molar-refractivity contribution is 0.866. The molecular weight excluding hydrogens is 764 g/mol. The van der Waals surface area contributed by atoms with Gasteiger partial charge in [0.15, 0.2) is 8.07 Å². The Morgan fingerprint density at radius 3 is 1.42 bits per heavy atom. The molecule has 0 aliphatic carbocycles. The number of nitrogens with zero attached hydrogens (tertiary/aromatic N) is 2. The Bertz CT molecular complexity index is 2990. The third-order valence-electron chi connectivity index (χ3n) is 14.1. The maximum absolute atomic E-state index is 2.73. The molecule has 0 atom stereocenters. The number of rotatable bonds is 7. The van der Waals surface area contributed by atoms with Crippen molar-refractivity contribution in [2.75, 3.05) is 9.80 Å². The van der Waals surface area contributed by atoms with Crippen molar-refractivity contribution in [1.29, 1.82) is 0 Å². The topological polar surface area (TPSA) is 6.48 Å². The molecule has 62 heavy (non-hydrogen) atoms. The first kappa shape index (κ1) is 38.6. The quantitative estimate of drug-likeness (QED) is 0.148. The van der Waals surface area contributed by atoms with Crippen molar-refractivity contribution < 1.29 is 0 Å². The van der Waals surface area contributed by atoms with Crippen LogP contribution in [-0.2, 0) is 0 Å². The van der Waals surface area contributed by atoms with E-state index in [4.69, 9.17) is 0 Å². The first-order valence-corrected chi connectivity index (χ1v) is 24.6. The van der Waals surface area contributed by atoms with Gasteiger partial charge in [-0.25, -0.2) is 0 Å². The summed E-state index contributed by atoms with van der Waals surface area (Å²) in [6.45, 7) is 16.2. The van der Waals surface area contributed by atoms with Crippen molar-refractivity contribution in [3.8, 4) is 11.1 Å². The molecule has 302 valence electrons. The molecule has 0 saturated heterocycles. The normalized spacial score (nSPS) is 14.2. The molecule has 3 aliphatic heterocycles. The maximum atomic E-state index is 2.62. The van der Waals surface area contributed by atoms with Crippen LogP contribution in [0.2, 0.25) is 0 Å². The Balaban J connectivity index is 1.21. The van der Waals surface area contributed by atoms with Crippen molar-refractivity contribution in [2.45, 2.75) is 66.2 Å². The zero-order valence-electron chi connectivity index (χ0n) is 36.9. The van der Waals surface area contributed by atoms with Crippen LogP contribution in [0.1, 0.15) is 81.5 Å². The van der Waals surface area contributed by atoms with Crippen LogP contribution in [0.4, 0.5) is 34.1 Å². The fourth-order valence-corrected chi connectivity index (χ4v) is 16.2. The highest BCUT2D eigenvalue weighted by molar-refractivity contribution is 7.22. The van der Waals surface area contributed by atoms with E-state index in [1.54, 1.807) is 0 Å². The number of hydrogen-bond donors (Lipinski definition) is 0. The van der Waals surface area contributed by atoms with Gasteiger partial charge in [0, 0.05) is 34.1 Å². The number of fused-ring (bicyclic) bond motifs is 7. The molecule has 11 rings (SSSR count). The number of benzene rings is 8. The molecule has 2 nitrogen and oxygen atoms in total. The molecule has 0 saturated carbocycles. The third kappa shape index (κ3) is 5.69. The SMILES string of the molecule is Cc1cc2c3c(c1)N(c1ccc4c(c1)[Si](c1ccccc1)(c1ccccc1)c1ccccc1-4)c1ccc(C(C)C)cc1B3c1cc(C(C)C)ccc1N2c1ccc(C(C)C)cc1. The fraction of sp³-hybridized carbons (Fsp3) is 0.172. The minimum atomic E-state index is -2.73. The molecule has 8 aromatic carbocycles. The highest BCUT2D eigenvalue weighted by Gasteiger charge is 2.50. The zero-order chi connectivity index (χ0) is 42.4. The van der Waals surface area contributed by atoms with Crippen molar-refractivity contribution >= 4 is 86.0 Å². The van der Waals surface area contributed by atoms with Crippen LogP contribution in [0.3, 0.4) is 0 Å². The van der Waals surface area contributed by atoms with Crippen LogP contribution in [0, 0.1) is 6.92 Å². The first-order chi connectivity index (χ1) is 30.1. The van der Waals surface area contributed by atoms with Crippen LogP contribution in [0.25, 0.3) is 11.1 Å². The average Bonchev–Trinajstić information content (AvgIpc) is 3.59. The Morgan fingerprint density at radius 2 is 0.871 bits per heavy atom. The molecular formula is C58H53BN2Si. The smallest absolute Gasteiger partial charge is 0.252 e. The minimum Gasteiger partial charge on any atom is -0.311 e. The molecule has 8 aromatic rings. The Hall–Kier alpha value is -6.36. The predicted molar refractivity (Wildman–Crippen MR) is 270 cm³/mol. The zero-order valence-corrected chi connectivity index (χ0v) is 37.9. The standard InChI is InChI=1S/C58H53BN2Si/c1-37(2)41-22-26-44(27-23-41)60-52-30-24-42(38(3)4)34-50(52)59-51-35-43(39(5)6)25-31-53(51)61(55-33-40(7)32-54(60)58(55)59)45-28-29-49-48-20-14-15-21-56(48)62(57(49)36-45,46-16-10-8-11-17-46)47-18-12-9-13-19-47/h8-39H,1-7H3. The molecule has 0 spiro atoms. The van der Waals surface area contributed by atoms with Gasteiger partial charge in [-0.15, -0.1) is 0 Å². The second-order valence-electron chi connectivity index (χ2n) is 18.8. The van der Waals surface area contributed by atoms with Gasteiger partial charge in [0.1, 0.15) is 0 Å². The van der Waals surface area contributed by atoms with Gasteiger partial charge in [-0.2, -0.15) is 0 Å². The third-order valence-corrected chi connectivity index (χ3v) is 19.0. The summed E-state index contributed by atoms with van der Waals surface area (Å²) in [5, 5.41) is 5.76. The van der Waals surface area contributed by atoms with Gasteiger partial charge in [-0.1, -0.05) is 169 Å². The summed E-state index contributed by atoms with van der Waals surface area (Å²) in [7, 11) is -2.73. The first-order valence-electron chi connectivity index (χ1n) is 22.6. The molecule has 3 heterocycles. The van der Waals surface area contributed by atoms with E-state index >= 15 is 0 Å². The monoisotopic (exact) mass is 816 g/mol. The molecule has 0 amide bonds. The van der Waals surface area contributed by atoms with E-state index in [-0.39, 0.29) is 6.71 Å². The summed E-state index contributed by atoms with van der Waals surface area (Å²) in [5.74, 6) is 1.28. The van der Waals surface area contributed by atoms with Crippen molar-refractivity contribution in [3.63, 3.8) is 0 Å². The maximum Gasteiger partial charge on any atom is 0.252 e. The van der Waals surface area contributed by atoms with Crippen molar-refractivity contribution in [1.82, 2.24) is 0 Å². The number of aryl methyl sites for hydroxylation is 1. The summed E-state index contributed by atoms with van der Waals surface area (Å²) in [6.07, 6.45) is 0. The van der Waals surface area contributed by atoms with Crippen molar-refractivity contribution in [3.05, 3.63) is 198 Å². The van der Waals surface area contributed by atoms with E-state index in [9.17, 15) is 0 Å². The van der Waals surface area contributed by atoms with Gasteiger partial charge in [0.2, 0.25) is 0 Å². The van der Waals surface area contributed by atoms with E-state index < -0.39 is 8.07 Å². The van der Waals surface area contributed by atoms with Gasteiger partial charge in [0.25, 0.3) is 6.71 Å². The van der Waals surface area contributed by atoms with Gasteiger partial charge in [0.05, 0.1) is 0 Å². The van der Waals surface area contributed by atoms with Crippen LogP contribution in [0.5, 0.6) is 0 Å². The second-order valence-corrected chi connectivity index (χ2v) is 22.5.